The van der Waals surface area contributed by atoms with Crippen LogP contribution < -0.4 is 5.32 Å². The number of aromatic nitrogens is 5. The molecule has 0 aliphatic carbocycles. The van der Waals surface area contributed by atoms with Gasteiger partial charge in [0.05, 0.1) is 6.20 Å². The molecule has 0 atom stereocenters. The number of carbonyl (C=O) groups excluding carboxylic acids is 1. The third-order valence-corrected chi connectivity index (χ3v) is 5.49. The summed E-state index contributed by atoms with van der Waals surface area (Å²) in [5.41, 5.74) is 6.57. The lowest BCUT2D eigenvalue weighted by Crippen LogP contribution is -2.13. The molecule has 1 N–H and O–H groups in total. The third kappa shape index (κ3) is 3.50. The van der Waals surface area contributed by atoms with E-state index in [4.69, 9.17) is 0 Å². The number of anilines is 1. The van der Waals surface area contributed by atoms with Crippen molar-refractivity contribution in [3.63, 3.8) is 0 Å². The lowest BCUT2D eigenvalue weighted by atomic mass is 10.1. The second-order valence-electron chi connectivity index (χ2n) is 7.71. The van der Waals surface area contributed by atoms with Gasteiger partial charge < -0.3 is 9.72 Å². The summed E-state index contributed by atoms with van der Waals surface area (Å²) in [4.78, 5) is 12.7. The lowest BCUT2D eigenvalue weighted by Gasteiger charge is -2.07. The number of hydrogen-bond acceptors (Lipinski definition) is 3. The van der Waals surface area contributed by atoms with E-state index < -0.39 is 0 Å². The maximum Gasteiger partial charge on any atom is 0.276 e. The van der Waals surface area contributed by atoms with Crippen molar-refractivity contribution < 1.29 is 4.79 Å². The minimum atomic E-state index is -0.237. The summed E-state index contributed by atoms with van der Waals surface area (Å²) in [6, 6.07) is 15.7. The largest absolute Gasteiger partial charge is 0.321 e. The molecule has 0 radical (unpaired) electrons. The highest BCUT2D eigenvalue weighted by Crippen LogP contribution is 2.23. The van der Waals surface area contributed by atoms with Crippen LogP contribution in [-0.2, 0) is 7.05 Å². The van der Waals surface area contributed by atoms with Crippen LogP contribution in [0.2, 0.25) is 0 Å². The molecular weight excluding hydrogens is 388 g/mol. The fourth-order valence-corrected chi connectivity index (χ4v) is 3.60. The predicted octanol–water partition coefficient (Wildman–Crippen LogP) is 4.39. The number of carbonyl (C=O) groups is 1. The van der Waals surface area contributed by atoms with Crippen molar-refractivity contribution in [2.75, 3.05) is 5.32 Å². The monoisotopic (exact) mass is 410 g/mol. The van der Waals surface area contributed by atoms with E-state index in [2.05, 4.69) is 38.2 Å². The number of nitrogens with one attached hydrogen (secondary N) is 1. The molecule has 31 heavy (non-hydrogen) atoms. The van der Waals surface area contributed by atoms with E-state index in [1.54, 1.807) is 21.6 Å². The lowest BCUT2D eigenvalue weighted by molar-refractivity contribution is 0.102. The molecular formula is C24H22N6O. The van der Waals surface area contributed by atoms with Gasteiger partial charge >= 0.3 is 0 Å². The van der Waals surface area contributed by atoms with Gasteiger partial charge in [0, 0.05) is 48.0 Å². The number of rotatable bonds is 4. The molecule has 0 saturated heterocycles. The van der Waals surface area contributed by atoms with Crippen LogP contribution in [0, 0.1) is 13.8 Å². The molecule has 7 nitrogen and oxygen atoms in total. The Morgan fingerprint density at radius 3 is 2.55 bits per heavy atom. The average Bonchev–Trinajstić information content (AvgIpc) is 3.49. The van der Waals surface area contributed by atoms with Crippen molar-refractivity contribution in [2.45, 2.75) is 13.8 Å². The van der Waals surface area contributed by atoms with Gasteiger partial charge in [0.25, 0.3) is 5.91 Å². The second kappa shape index (κ2) is 7.28. The highest BCUT2D eigenvalue weighted by Gasteiger charge is 2.13. The van der Waals surface area contributed by atoms with Crippen LogP contribution in [0.4, 0.5) is 5.69 Å². The van der Waals surface area contributed by atoms with E-state index in [-0.39, 0.29) is 5.91 Å². The van der Waals surface area contributed by atoms with Crippen LogP contribution in [0.25, 0.3) is 22.5 Å². The Labute approximate surface area is 179 Å². The molecule has 7 heteroatoms. The van der Waals surface area contributed by atoms with Gasteiger partial charge in [-0.25, -0.2) is 4.68 Å². The second-order valence-corrected chi connectivity index (χ2v) is 7.71. The van der Waals surface area contributed by atoms with Gasteiger partial charge in [0.1, 0.15) is 5.82 Å². The Kier molecular flexibility index (Phi) is 4.43. The first-order valence-corrected chi connectivity index (χ1v) is 10.0. The minimum absolute atomic E-state index is 0.237. The summed E-state index contributed by atoms with van der Waals surface area (Å²) in [7, 11) is 1.90. The van der Waals surface area contributed by atoms with E-state index >= 15 is 0 Å². The molecule has 0 bridgehead atoms. The maximum absolute atomic E-state index is 12.7. The number of nitrogens with zero attached hydrogens (tertiary/aromatic N) is 5. The highest BCUT2D eigenvalue weighted by atomic mass is 16.1. The van der Waals surface area contributed by atoms with Crippen molar-refractivity contribution in [2.24, 2.45) is 7.05 Å². The molecule has 4 heterocycles. The normalized spacial score (nSPS) is 11.2. The number of fused-ring (bicyclic) bond motifs is 1. The first kappa shape index (κ1) is 18.9. The summed E-state index contributed by atoms with van der Waals surface area (Å²) >= 11 is 0. The van der Waals surface area contributed by atoms with Gasteiger partial charge in [-0.15, -0.1) is 0 Å². The Hall–Kier alpha value is -4.13. The van der Waals surface area contributed by atoms with Crippen LogP contribution in [-0.4, -0.2) is 29.9 Å². The molecule has 5 aromatic rings. The molecule has 0 spiro atoms. The van der Waals surface area contributed by atoms with E-state index in [9.17, 15) is 4.79 Å². The number of amides is 1. The van der Waals surface area contributed by atoms with E-state index in [1.807, 2.05) is 63.6 Å². The highest BCUT2D eigenvalue weighted by molar-refractivity contribution is 6.02. The van der Waals surface area contributed by atoms with E-state index in [1.165, 1.54) is 5.56 Å². The van der Waals surface area contributed by atoms with Gasteiger partial charge in [-0.1, -0.05) is 12.1 Å². The summed E-state index contributed by atoms with van der Waals surface area (Å²) in [6.45, 7) is 4.07. The third-order valence-electron chi connectivity index (χ3n) is 5.49. The van der Waals surface area contributed by atoms with E-state index in [0.29, 0.717) is 5.69 Å². The molecule has 1 aromatic carbocycles. The Morgan fingerprint density at radius 1 is 0.935 bits per heavy atom. The maximum atomic E-state index is 12.7. The van der Waals surface area contributed by atoms with Crippen molar-refractivity contribution in [1.82, 2.24) is 24.0 Å². The zero-order valence-electron chi connectivity index (χ0n) is 17.6. The Morgan fingerprint density at radius 2 is 1.77 bits per heavy atom. The van der Waals surface area contributed by atoms with Crippen molar-refractivity contribution in [1.29, 1.82) is 0 Å². The molecule has 154 valence electrons. The zero-order valence-corrected chi connectivity index (χ0v) is 17.6. The van der Waals surface area contributed by atoms with Crippen LogP contribution in [0.1, 0.15) is 21.6 Å². The number of pyridine rings is 1. The molecule has 0 saturated carbocycles. The fraction of sp³-hybridized carbons (Fsp3) is 0.125. The number of hydrogen-bond donors (Lipinski definition) is 1. The molecule has 0 aliphatic heterocycles. The number of aryl methyl sites for hydroxylation is 3. The summed E-state index contributed by atoms with van der Waals surface area (Å²) < 4.78 is 5.56. The first-order valence-electron chi connectivity index (χ1n) is 10.0. The standard InChI is InChI=1S/C24H22N6O/c1-16-4-6-20(12-17(16)2)26-24(31)22-10-11-30(27-22)23-9-8-21-7-5-18(15-29(21)23)19-13-25-28(3)14-19/h4-15H,1-3H3,(H,26,31). The first-order chi connectivity index (χ1) is 15.0. The van der Waals surface area contributed by atoms with Crippen molar-refractivity contribution in [3.05, 3.63) is 90.1 Å². The van der Waals surface area contributed by atoms with Crippen LogP contribution in [0.15, 0.2) is 73.3 Å². The molecule has 5 rings (SSSR count). The van der Waals surface area contributed by atoms with Crippen LogP contribution in [0.3, 0.4) is 0 Å². The summed E-state index contributed by atoms with van der Waals surface area (Å²) in [5, 5.41) is 11.7. The van der Waals surface area contributed by atoms with Gasteiger partial charge in [0.15, 0.2) is 5.69 Å². The van der Waals surface area contributed by atoms with Crippen molar-refractivity contribution >= 4 is 17.1 Å². The Bertz CT molecular complexity index is 1420. The summed E-state index contributed by atoms with van der Waals surface area (Å²) in [5.74, 6) is 0.616. The Balaban J connectivity index is 1.44. The number of benzene rings is 1. The predicted molar refractivity (Wildman–Crippen MR) is 121 cm³/mol. The van der Waals surface area contributed by atoms with Crippen LogP contribution in [0.5, 0.6) is 0 Å². The zero-order chi connectivity index (χ0) is 21.5. The molecule has 0 aliphatic rings. The molecule has 1 amide bonds. The van der Waals surface area contributed by atoms with Gasteiger partial charge in [0.2, 0.25) is 0 Å². The van der Waals surface area contributed by atoms with Crippen molar-refractivity contribution in [3.8, 4) is 16.9 Å². The topological polar surface area (TPSA) is 69.2 Å². The van der Waals surface area contributed by atoms with Crippen LogP contribution >= 0.6 is 0 Å². The molecule has 0 unspecified atom stereocenters. The molecule has 0 fully saturated rings. The van der Waals surface area contributed by atoms with Gasteiger partial charge in [-0.2, -0.15) is 10.2 Å². The minimum Gasteiger partial charge on any atom is -0.321 e. The van der Waals surface area contributed by atoms with Gasteiger partial charge in [-0.3, -0.25) is 9.48 Å². The summed E-state index contributed by atoms with van der Waals surface area (Å²) in [6.07, 6.45) is 7.67. The average molecular weight is 410 g/mol. The smallest absolute Gasteiger partial charge is 0.276 e. The van der Waals surface area contributed by atoms with E-state index in [0.717, 1.165) is 33.7 Å². The SMILES string of the molecule is Cc1ccc(NC(=O)c2ccn(-c3ccc4ccc(-c5cnn(C)c5)cn34)n2)cc1C. The molecule has 4 aromatic heterocycles. The fourth-order valence-electron chi connectivity index (χ4n) is 3.60. The quantitative estimate of drug-likeness (QED) is 0.478. The van der Waals surface area contributed by atoms with Gasteiger partial charge in [-0.05, 0) is 61.4 Å².